The van der Waals surface area contributed by atoms with Crippen LogP contribution in [-0.4, -0.2) is 12.7 Å². The fraction of sp³-hybridized carbons (Fsp3) is 0.800. The van der Waals surface area contributed by atoms with Crippen molar-refractivity contribution in [1.82, 2.24) is 0 Å². The maximum absolute atomic E-state index is 5.73. The Balaban J connectivity index is 2.00. The third-order valence-electron chi connectivity index (χ3n) is 2.90. The van der Waals surface area contributed by atoms with E-state index in [1.165, 1.54) is 24.8 Å². The van der Waals surface area contributed by atoms with Gasteiger partial charge in [0.05, 0.1) is 12.7 Å². The summed E-state index contributed by atoms with van der Waals surface area (Å²) in [6, 6.07) is 0. The predicted molar refractivity (Wildman–Crippen MR) is 45.5 cm³/mol. The summed E-state index contributed by atoms with van der Waals surface area (Å²) >= 11 is 0. The SMILES string of the molecule is CC1=C(C)C[C@H](C2CC2)OC1. The van der Waals surface area contributed by atoms with E-state index in [-0.39, 0.29) is 0 Å². The van der Waals surface area contributed by atoms with Crippen molar-refractivity contribution in [2.24, 2.45) is 5.92 Å². The quantitative estimate of drug-likeness (QED) is 0.525. The Morgan fingerprint density at radius 2 is 1.91 bits per heavy atom. The molecular formula is C10H16O. The lowest BCUT2D eigenvalue weighted by Gasteiger charge is -2.24. The molecule has 1 aliphatic heterocycles. The molecule has 1 heterocycles. The monoisotopic (exact) mass is 152 g/mol. The molecule has 0 spiro atoms. The van der Waals surface area contributed by atoms with Crippen LogP contribution < -0.4 is 0 Å². The number of rotatable bonds is 1. The largest absolute Gasteiger partial charge is 0.373 e. The molecule has 2 aliphatic rings. The van der Waals surface area contributed by atoms with Crippen LogP contribution in [-0.2, 0) is 4.74 Å². The van der Waals surface area contributed by atoms with Gasteiger partial charge in [-0.25, -0.2) is 0 Å². The molecule has 1 nitrogen and oxygen atoms in total. The van der Waals surface area contributed by atoms with Gasteiger partial charge in [-0.1, -0.05) is 5.57 Å². The van der Waals surface area contributed by atoms with Crippen LogP contribution in [0.5, 0.6) is 0 Å². The van der Waals surface area contributed by atoms with Crippen molar-refractivity contribution in [1.29, 1.82) is 0 Å². The van der Waals surface area contributed by atoms with E-state index in [0.717, 1.165) is 12.5 Å². The zero-order chi connectivity index (χ0) is 7.84. The molecule has 1 atom stereocenters. The topological polar surface area (TPSA) is 9.23 Å². The summed E-state index contributed by atoms with van der Waals surface area (Å²) in [6.45, 7) is 5.30. The summed E-state index contributed by atoms with van der Waals surface area (Å²) in [5.74, 6) is 0.901. The molecule has 1 saturated carbocycles. The molecule has 0 saturated heterocycles. The zero-order valence-electron chi connectivity index (χ0n) is 7.39. The van der Waals surface area contributed by atoms with Crippen molar-refractivity contribution >= 4 is 0 Å². The lowest BCUT2D eigenvalue weighted by Crippen LogP contribution is -2.22. The van der Waals surface area contributed by atoms with Crippen LogP contribution in [0.15, 0.2) is 11.1 Å². The van der Waals surface area contributed by atoms with Gasteiger partial charge >= 0.3 is 0 Å². The van der Waals surface area contributed by atoms with Crippen molar-refractivity contribution in [3.63, 3.8) is 0 Å². The second kappa shape index (κ2) is 2.63. The van der Waals surface area contributed by atoms with Crippen LogP contribution >= 0.6 is 0 Å². The summed E-state index contributed by atoms with van der Waals surface area (Å²) in [5, 5.41) is 0. The van der Waals surface area contributed by atoms with Crippen molar-refractivity contribution < 1.29 is 4.74 Å². The van der Waals surface area contributed by atoms with Crippen molar-refractivity contribution in [2.45, 2.75) is 39.2 Å². The average molecular weight is 152 g/mol. The van der Waals surface area contributed by atoms with Gasteiger partial charge in [0, 0.05) is 0 Å². The summed E-state index contributed by atoms with van der Waals surface area (Å²) in [6.07, 6.45) is 4.56. The molecule has 2 rings (SSSR count). The molecule has 0 bridgehead atoms. The van der Waals surface area contributed by atoms with Gasteiger partial charge in [0.2, 0.25) is 0 Å². The van der Waals surface area contributed by atoms with E-state index >= 15 is 0 Å². The average Bonchev–Trinajstić information content (AvgIpc) is 2.77. The molecular weight excluding hydrogens is 136 g/mol. The third-order valence-corrected chi connectivity index (χ3v) is 2.90. The highest BCUT2D eigenvalue weighted by molar-refractivity contribution is 5.14. The predicted octanol–water partition coefficient (Wildman–Crippen LogP) is 2.52. The minimum atomic E-state index is 0.568. The summed E-state index contributed by atoms with van der Waals surface area (Å²) < 4.78 is 5.73. The van der Waals surface area contributed by atoms with E-state index in [4.69, 9.17) is 4.74 Å². The first kappa shape index (κ1) is 7.35. The highest BCUT2D eigenvalue weighted by atomic mass is 16.5. The molecule has 1 fully saturated rings. The van der Waals surface area contributed by atoms with E-state index in [9.17, 15) is 0 Å². The van der Waals surface area contributed by atoms with E-state index < -0.39 is 0 Å². The molecule has 0 aromatic heterocycles. The van der Waals surface area contributed by atoms with Crippen LogP contribution in [0.1, 0.15) is 33.1 Å². The van der Waals surface area contributed by atoms with Crippen molar-refractivity contribution in [3.05, 3.63) is 11.1 Å². The second-order valence-electron chi connectivity index (χ2n) is 3.95. The minimum Gasteiger partial charge on any atom is -0.373 e. The molecule has 0 N–H and O–H groups in total. The van der Waals surface area contributed by atoms with Gasteiger partial charge in [-0.2, -0.15) is 0 Å². The van der Waals surface area contributed by atoms with Gasteiger partial charge in [-0.15, -0.1) is 0 Å². The first-order chi connectivity index (χ1) is 5.27. The van der Waals surface area contributed by atoms with Gasteiger partial charge in [-0.3, -0.25) is 0 Å². The normalized spacial score (nSPS) is 32.7. The minimum absolute atomic E-state index is 0.568. The highest BCUT2D eigenvalue weighted by Crippen LogP contribution is 2.39. The number of ether oxygens (including phenoxy) is 1. The molecule has 1 aliphatic carbocycles. The van der Waals surface area contributed by atoms with E-state index in [0.29, 0.717) is 6.10 Å². The summed E-state index contributed by atoms with van der Waals surface area (Å²) in [5.41, 5.74) is 3.01. The van der Waals surface area contributed by atoms with Crippen LogP contribution in [0.2, 0.25) is 0 Å². The molecule has 62 valence electrons. The fourth-order valence-electron chi connectivity index (χ4n) is 1.66. The van der Waals surface area contributed by atoms with Crippen molar-refractivity contribution in [3.8, 4) is 0 Å². The molecule has 0 amide bonds. The lowest BCUT2D eigenvalue weighted by molar-refractivity contribution is 0.0428. The summed E-state index contributed by atoms with van der Waals surface area (Å²) in [7, 11) is 0. The molecule has 0 radical (unpaired) electrons. The fourth-order valence-corrected chi connectivity index (χ4v) is 1.66. The Kier molecular flexibility index (Phi) is 1.76. The van der Waals surface area contributed by atoms with Gasteiger partial charge in [0.15, 0.2) is 0 Å². The van der Waals surface area contributed by atoms with Crippen LogP contribution in [0.4, 0.5) is 0 Å². The third kappa shape index (κ3) is 1.48. The summed E-state index contributed by atoms with van der Waals surface area (Å²) in [4.78, 5) is 0. The van der Waals surface area contributed by atoms with Crippen LogP contribution in [0, 0.1) is 5.92 Å². The maximum atomic E-state index is 5.73. The smallest absolute Gasteiger partial charge is 0.0680 e. The standard InChI is InChI=1S/C10H16O/c1-7-5-10(9-3-4-9)11-6-8(7)2/h9-10H,3-6H2,1-2H3/t10-/m1/s1. The Bertz CT molecular complexity index is 189. The van der Waals surface area contributed by atoms with Crippen LogP contribution in [0.25, 0.3) is 0 Å². The number of hydrogen-bond donors (Lipinski definition) is 0. The van der Waals surface area contributed by atoms with Gasteiger partial charge < -0.3 is 4.74 Å². The first-order valence-corrected chi connectivity index (χ1v) is 4.54. The Morgan fingerprint density at radius 3 is 2.45 bits per heavy atom. The highest BCUT2D eigenvalue weighted by Gasteiger charge is 2.33. The molecule has 0 aromatic rings. The molecule has 1 heteroatoms. The van der Waals surface area contributed by atoms with Crippen molar-refractivity contribution in [2.75, 3.05) is 6.61 Å². The van der Waals surface area contributed by atoms with Crippen LogP contribution in [0.3, 0.4) is 0 Å². The second-order valence-corrected chi connectivity index (χ2v) is 3.95. The number of hydrogen-bond acceptors (Lipinski definition) is 1. The Morgan fingerprint density at radius 1 is 1.18 bits per heavy atom. The molecule has 0 aromatic carbocycles. The Labute approximate surface area is 68.4 Å². The van der Waals surface area contributed by atoms with E-state index in [1.807, 2.05) is 0 Å². The van der Waals surface area contributed by atoms with E-state index in [2.05, 4.69) is 13.8 Å². The van der Waals surface area contributed by atoms with Gasteiger partial charge in [0.25, 0.3) is 0 Å². The Hall–Kier alpha value is -0.300. The molecule has 11 heavy (non-hydrogen) atoms. The first-order valence-electron chi connectivity index (χ1n) is 4.54. The zero-order valence-corrected chi connectivity index (χ0v) is 7.39. The molecule has 0 unspecified atom stereocenters. The van der Waals surface area contributed by atoms with Gasteiger partial charge in [-0.05, 0) is 44.6 Å². The lowest BCUT2D eigenvalue weighted by atomic mass is 9.99. The maximum Gasteiger partial charge on any atom is 0.0680 e. The van der Waals surface area contributed by atoms with Gasteiger partial charge in [0.1, 0.15) is 0 Å². The van der Waals surface area contributed by atoms with E-state index in [1.54, 1.807) is 5.57 Å².